The van der Waals surface area contributed by atoms with Crippen LogP contribution < -0.4 is 0 Å². The lowest BCUT2D eigenvalue weighted by molar-refractivity contribution is -0.141. The summed E-state index contributed by atoms with van der Waals surface area (Å²) in [4.78, 5) is 30.9. The summed E-state index contributed by atoms with van der Waals surface area (Å²) >= 11 is 0. The number of hydrogen-bond donors (Lipinski definition) is 1. The van der Waals surface area contributed by atoms with Crippen LogP contribution in [0.2, 0.25) is 0 Å². The molecule has 5 nitrogen and oxygen atoms in total. The van der Waals surface area contributed by atoms with Crippen molar-refractivity contribution in [3.63, 3.8) is 0 Å². The van der Waals surface area contributed by atoms with Gasteiger partial charge in [-0.15, -0.1) is 0 Å². The summed E-state index contributed by atoms with van der Waals surface area (Å²) < 4.78 is 13.1. The average molecular weight is 307 g/mol. The highest BCUT2D eigenvalue weighted by Gasteiger charge is 2.44. The second-order valence-corrected chi connectivity index (χ2v) is 6.41. The van der Waals surface area contributed by atoms with Crippen LogP contribution in [0.5, 0.6) is 0 Å². The molecule has 0 atom stereocenters. The van der Waals surface area contributed by atoms with Gasteiger partial charge < -0.3 is 14.8 Å². The minimum Gasteiger partial charge on any atom is -0.355 e. The number of nitrogens with zero attached hydrogens (tertiary/aromatic N) is 2. The Morgan fingerprint density at radius 1 is 1.23 bits per heavy atom. The van der Waals surface area contributed by atoms with Crippen LogP contribution in [-0.2, 0) is 4.79 Å². The number of H-pyrrole nitrogens is 1. The van der Waals surface area contributed by atoms with Gasteiger partial charge in [0.15, 0.2) is 0 Å². The molecule has 2 fully saturated rings. The van der Waals surface area contributed by atoms with E-state index in [0.29, 0.717) is 19.6 Å². The van der Waals surface area contributed by atoms with E-state index in [2.05, 4.69) is 4.98 Å². The third-order valence-corrected chi connectivity index (χ3v) is 4.98. The fourth-order valence-electron chi connectivity index (χ4n) is 3.94. The first-order chi connectivity index (χ1) is 10.5. The van der Waals surface area contributed by atoms with Crippen molar-refractivity contribution in [3.05, 3.63) is 23.8 Å². The van der Waals surface area contributed by atoms with Gasteiger partial charge in [0.05, 0.1) is 5.54 Å². The number of hydrogen-bond acceptors (Lipinski definition) is 2. The van der Waals surface area contributed by atoms with E-state index in [1.54, 1.807) is 11.8 Å². The number of amides is 2. The molecular weight excluding hydrogens is 285 g/mol. The van der Waals surface area contributed by atoms with E-state index in [-0.39, 0.29) is 23.0 Å². The van der Waals surface area contributed by atoms with Gasteiger partial charge in [-0.3, -0.25) is 9.59 Å². The number of nitrogens with one attached hydrogen (secondary N) is 1. The average Bonchev–Trinajstić information content (AvgIpc) is 2.93. The van der Waals surface area contributed by atoms with E-state index in [9.17, 15) is 14.0 Å². The number of carbonyl (C=O) groups excluding carboxylic acids is 2. The van der Waals surface area contributed by atoms with Crippen LogP contribution in [0.3, 0.4) is 0 Å². The Kier molecular flexibility index (Phi) is 3.93. The first kappa shape index (κ1) is 15.1. The molecule has 1 aromatic heterocycles. The van der Waals surface area contributed by atoms with E-state index in [4.69, 9.17) is 0 Å². The van der Waals surface area contributed by atoms with Gasteiger partial charge in [-0.1, -0.05) is 19.3 Å². The van der Waals surface area contributed by atoms with Gasteiger partial charge in [0, 0.05) is 38.8 Å². The molecule has 22 heavy (non-hydrogen) atoms. The third-order valence-electron chi connectivity index (χ3n) is 4.98. The van der Waals surface area contributed by atoms with Crippen LogP contribution in [0.15, 0.2) is 12.3 Å². The molecule has 0 radical (unpaired) electrons. The van der Waals surface area contributed by atoms with Gasteiger partial charge in [-0.05, 0) is 12.8 Å². The van der Waals surface area contributed by atoms with Crippen molar-refractivity contribution in [2.45, 2.75) is 44.6 Å². The topological polar surface area (TPSA) is 56.4 Å². The molecule has 0 bridgehead atoms. The minimum absolute atomic E-state index is 0.0833. The third kappa shape index (κ3) is 2.62. The lowest BCUT2D eigenvalue weighted by Gasteiger charge is -2.52. The summed E-state index contributed by atoms with van der Waals surface area (Å²) in [5, 5.41) is 0. The van der Waals surface area contributed by atoms with Gasteiger partial charge in [0.25, 0.3) is 5.91 Å². The zero-order valence-electron chi connectivity index (χ0n) is 12.9. The zero-order chi connectivity index (χ0) is 15.7. The van der Waals surface area contributed by atoms with Crippen LogP contribution in [0.4, 0.5) is 4.39 Å². The lowest BCUT2D eigenvalue weighted by atomic mass is 9.78. The van der Waals surface area contributed by atoms with Crippen LogP contribution in [0.25, 0.3) is 0 Å². The molecule has 6 heteroatoms. The maximum absolute atomic E-state index is 13.1. The molecule has 1 saturated heterocycles. The van der Waals surface area contributed by atoms with E-state index in [0.717, 1.165) is 25.7 Å². The van der Waals surface area contributed by atoms with Gasteiger partial charge in [-0.25, -0.2) is 4.39 Å². The standard InChI is InChI=1S/C16H22FN3O2/c1-12(21)20-8-7-19(11-16(20)5-3-2-4-6-16)15(22)14-9-13(17)10-18-14/h9-10,18H,2-8,11H2,1H3. The highest BCUT2D eigenvalue weighted by molar-refractivity contribution is 5.92. The van der Waals surface area contributed by atoms with E-state index >= 15 is 0 Å². The molecule has 0 unspecified atom stereocenters. The Morgan fingerprint density at radius 3 is 2.55 bits per heavy atom. The van der Waals surface area contributed by atoms with Crippen LogP contribution >= 0.6 is 0 Å². The van der Waals surface area contributed by atoms with Gasteiger partial charge >= 0.3 is 0 Å². The summed E-state index contributed by atoms with van der Waals surface area (Å²) in [6.45, 7) is 3.21. The van der Waals surface area contributed by atoms with Crippen molar-refractivity contribution < 1.29 is 14.0 Å². The normalized spacial score (nSPS) is 21.2. The maximum atomic E-state index is 13.1. The Balaban J connectivity index is 1.81. The van der Waals surface area contributed by atoms with Crippen molar-refractivity contribution in [2.75, 3.05) is 19.6 Å². The van der Waals surface area contributed by atoms with Crippen molar-refractivity contribution in [3.8, 4) is 0 Å². The summed E-state index contributed by atoms with van der Waals surface area (Å²) in [5.41, 5.74) is 0.0445. The van der Waals surface area contributed by atoms with Crippen molar-refractivity contribution in [1.82, 2.24) is 14.8 Å². The molecule has 0 aromatic carbocycles. The summed E-state index contributed by atoms with van der Waals surface area (Å²) in [6, 6.07) is 1.23. The monoisotopic (exact) mass is 307 g/mol. The molecule has 2 heterocycles. The molecule has 1 spiro atoms. The highest BCUT2D eigenvalue weighted by Crippen LogP contribution is 2.37. The van der Waals surface area contributed by atoms with Crippen molar-refractivity contribution in [1.29, 1.82) is 0 Å². The van der Waals surface area contributed by atoms with Crippen LogP contribution in [-0.4, -0.2) is 51.8 Å². The molecule has 2 aliphatic rings. The van der Waals surface area contributed by atoms with Crippen LogP contribution in [0, 0.1) is 5.82 Å². The summed E-state index contributed by atoms with van der Waals surface area (Å²) in [6.07, 6.45) is 6.43. The maximum Gasteiger partial charge on any atom is 0.270 e. The number of piperazine rings is 1. The number of halogens is 1. The quantitative estimate of drug-likeness (QED) is 0.864. The molecule has 1 aliphatic carbocycles. The molecule has 3 rings (SSSR count). The summed E-state index contributed by atoms with van der Waals surface area (Å²) in [7, 11) is 0. The number of rotatable bonds is 1. The first-order valence-electron chi connectivity index (χ1n) is 7.93. The molecule has 1 aliphatic heterocycles. The van der Waals surface area contributed by atoms with Gasteiger partial charge in [0.1, 0.15) is 11.5 Å². The molecule has 1 saturated carbocycles. The predicted octanol–water partition coefficient (Wildman–Crippen LogP) is 2.16. The molecule has 2 amide bonds. The number of aromatic nitrogens is 1. The minimum atomic E-state index is -0.432. The smallest absolute Gasteiger partial charge is 0.270 e. The second-order valence-electron chi connectivity index (χ2n) is 6.41. The van der Waals surface area contributed by atoms with Crippen LogP contribution in [0.1, 0.15) is 49.5 Å². The SMILES string of the molecule is CC(=O)N1CCN(C(=O)c2cc(F)c[nH]2)CC12CCCCC2. The second kappa shape index (κ2) is 5.74. The van der Waals surface area contributed by atoms with Crippen molar-refractivity contribution >= 4 is 11.8 Å². The van der Waals surface area contributed by atoms with E-state index in [1.807, 2.05) is 4.90 Å². The molecule has 1 N–H and O–H groups in total. The predicted molar refractivity (Wildman–Crippen MR) is 79.9 cm³/mol. The van der Waals surface area contributed by atoms with Crippen molar-refractivity contribution in [2.24, 2.45) is 0 Å². The number of aromatic amines is 1. The molecular formula is C16H22FN3O2. The molecule has 1 aromatic rings. The van der Waals surface area contributed by atoms with Gasteiger partial charge in [-0.2, -0.15) is 0 Å². The fourth-order valence-corrected chi connectivity index (χ4v) is 3.94. The Bertz CT molecular complexity index is 578. The Morgan fingerprint density at radius 2 is 1.95 bits per heavy atom. The largest absolute Gasteiger partial charge is 0.355 e. The number of carbonyl (C=O) groups is 2. The first-order valence-corrected chi connectivity index (χ1v) is 7.93. The van der Waals surface area contributed by atoms with E-state index < -0.39 is 5.82 Å². The highest BCUT2D eigenvalue weighted by atomic mass is 19.1. The Labute approximate surface area is 129 Å². The lowest BCUT2D eigenvalue weighted by Crippen LogP contribution is -2.65. The zero-order valence-corrected chi connectivity index (χ0v) is 12.9. The molecule has 120 valence electrons. The fraction of sp³-hybridized carbons (Fsp3) is 0.625. The summed E-state index contributed by atoms with van der Waals surface area (Å²) in [5.74, 6) is -0.532. The van der Waals surface area contributed by atoms with Gasteiger partial charge in [0.2, 0.25) is 5.91 Å². The van der Waals surface area contributed by atoms with E-state index in [1.165, 1.54) is 18.7 Å². The Hall–Kier alpha value is -1.85.